The number of quaternary nitrogens is 1. The van der Waals surface area contributed by atoms with Crippen molar-refractivity contribution in [3.8, 4) is 11.5 Å². The third-order valence-electron chi connectivity index (χ3n) is 4.26. The van der Waals surface area contributed by atoms with Crippen LogP contribution in [0, 0.1) is 0 Å². The number of benzene rings is 2. The van der Waals surface area contributed by atoms with E-state index in [-0.39, 0.29) is 24.2 Å². The van der Waals surface area contributed by atoms with Crippen LogP contribution in [0.25, 0.3) is 0 Å². The Hall–Kier alpha value is -2.08. The number of aliphatic hydroxyl groups excluding tert-OH is 1. The Kier molecular flexibility index (Phi) is 9.13. The van der Waals surface area contributed by atoms with Gasteiger partial charge in [-0.2, -0.15) is 0 Å². The number of Topliss-reactive ketones (excluding diaryl/α,β-unsaturated/α-hetero) is 1. The number of aliphatic hydroxyl groups is 1. The van der Waals surface area contributed by atoms with E-state index in [1.54, 1.807) is 26.4 Å². The predicted octanol–water partition coefficient (Wildman–Crippen LogP) is -1.03. The molecule has 2 unspecified atom stereocenters. The summed E-state index contributed by atoms with van der Waals surface area (Å²) >= 11 is 0. The minimum atomic E-state index is -0.599. The first kappa shape index (κ1) is 22.0. The average Bonchev–Trinajstić information content (AvgIpc) is 2.67. The van der Waals surface area contributed by atoms with E-state index < -0.39 is 6.10 Å². The second-order valence-corrected chi connectivity index (χ2v) is 6.01. The Bertz CT molecular complexity index is 690. The summed E-state index contributed by atoms with van der Waals surface area (Å²) in [7, 11) is 3.20. The highest BCUT2D eigenvalue weighted by Crippen LogP contribution is 2.19. The molecule has 0 aliphatic carbocycles. The largest absolute Gasteiger partial charge is 1.00 e. The van der Waals surface area contributed by atoms with Crippen molar-refractivity contribution in [2.24, 2.45) is 0 Å². The van der Waals surface area contributed by atoms with Gasteiger partial charge in [0.05, 0.1) is 27.2 Å². The molecular formula is C20H26ClNO4. The number of carbonyl (C=O) groups excluding carboxylic acids is 1. The van der Waals surface area contributed by atoms with Crippen LogP contribution in [0.3, 0.4) is 0 Å². The number of ether oxygens (including phenoxy) is 2. The van der Waals surface area contributed by atoms with Gasteiger partial charge < -0.3 is 32.3 Å². The Balaban J connectivity index is 0.00000338. The van der Waals surface area contributed by atoms with Gasteiger partial charge in [-0.3, -0.25) is 4.79 Å². The maximum absolute atomic E-state index is 12.3. The molecule has 0 heterocycles. The van der Waals surface area contributed by atoms with E-state index in [2.05, 4.69) is 0 Å². The van der Waals surface area contributed by atoms with Gasteiger partial charge in [0.2, 0.25) is 0 Å². The van der Waals surface area contributed by atoms with Gasteiger partial charge in [-0.25, -0.2) is 0 Å². The molecular weight excluding hydrogens is 354 g/mol. The molecule has 2 atom stereocenters. The van der Waals surface area contributed by atoms with E-state index >= 15 is 0 Å². The van der Waals surface area contributed by atoms with Crippen molar-refractivity contribution in [1.29, 1.82) is 0 Å². The van der Waals surface area contributed by atoms with Crippen molar-refractivity contribution < 1.29 is 37.1 Å². The van der Waals surface area contributed by atoms with Crippen molar-refractivity contribution in [2.75, 3.05) is 20.8 Å². The van der Waals surface area contributed by atoms with E-state index in [1.807, 2.05) is 48.6 Å². The average molecular weight is 380 g/mol. The maximum Gasteiger partial charge on any atom is 0.168 e. The molecule has 2 aromatic rings. The molecule has 142 valence electrons. The summed E-state index contributed by atoms with van der Waals surface area (Å²) in [4.78, 5) is 12.3. The topological polar surface area (TPSA) is 72.4 Å². The third-order valence-corrected chi connectivity index (χ3v) is 4.26. The second kappa shape index (κ2) is 10.8. The smallest absolute Gasteiger partial charge is 0.168 e. The molecule has 2 rings (SSSR count). The lowest BCUT2D eigenvalue weighted by Gasteiger charge is -2.18. The molecule has 6 heteroatoms. The van der Waals surface area contributed by atoms with Crippen LogP contribution in [-0.2, 0) is 0 Å². The summed E-state index contributed by atoms with van der Waals surface area (Å²) in [6.07, 6.45) is -0.190. The molecule has 0 saturated carbocycles. The molecule has 0 aliphatic rings. The summed E-state index contributed by atoms with van der Waals surface area (Å²) in [5, 5.41) is 12.4. The normalized spacial score (nSPS) is 12.6. The van der Waals surface area contributed by atoms with Gasteiger partial charge in [-0.05, 0) is 36.8 Å². The summed E-state index contributed by atoms with van der Waals surface area (Å²) in [5.41, 5.74) is 1.49. The van der Waals surface area contributed by atoms with Crippen molar-refractivity contribution in [1.82, 2.24) is 0 Å². The Morgan fingerprint density at radius 2 is 1.73 bits per heavy atom. The molecule has 0 spiro atoms. The monoisotopic (exact) mass is 379 g/mol. The van der Waals surface area contributed by atoms with Crippen LogP contribution in [0.1, 0.15) is 35.4 Å². The zero-order valence-electron chi connectivity index (χ0n) is 15.3. The van der Waals surface area contributed by atoms with Gasteiger partial charge in [0.1, 0.15) is 23.6 Å². The van der Waals surface area contributed by atoms with Crippen LogP contribution in [0.15, 0.2) is 48.5 Å². The molecule has 2 aromatic carbocycles. The molecule has 3 N–H and O–H groups in total. The zero-order chi connectivity index (χ0) is 18.2. The molecule has 0 saturated heterocycles. The standard InChI is InChI=1S/C20H25NO4.ClH/c1-14(20(23)15-7-9-17(24-2)10-8-15)21-12-11-19(22)16-5-4-6-18(13-16)25-3;/h4-10,13-14,20-21,23H,11-12H2,1-3H3;1H. The molecule has 0 fully saturated rings. The summed E-state index contributed by atoms with van der Waals surface area (Å²) in [5.74, 6) is 1.51. The first-order valence-electron chi connectivity index (χ1n) is 8.37. The van der Waals surface area contributed by atoms with Crippen molar-refractivity contribution >= 4 is 5.78 Å². The van der Waals surface area contributed by atoms with Crippen molar-refractivity contribution in [2.45, 2.75) is 25.5 Å². The van der Waals surface area contributed by atoms with Crippen LogP contribution >= 0.6 is 0 Å². The molecule has 26 heavy (non-hydrogen) atoms. The molecule has 0 radical (unpaired) electrons. The van der Waals surface area contributed by atoms with Crippen LogP contribution < -0.4 is 27.2 Å². The van der Waals surface area contributed by atoms with Crippen LogP contribution in [-0.4, -0.2) is 37.7 Å². The third kappa shape index (κ3) is 6.02. The lowest BCUT2D eigenvalue weighted by Crippen LogP contribution is -3.00. The fraction of sp³-hybridized carbons (Fsp3) is 0.350. The number of halogens is 1. The number of hydrogen-bond acceptors (Lipinski definition) is 4. The number of hydrogen-bond donors (Lipinski definition) is 2. The molecule has 0 bridgehead atoms. The maximum atomic E-state index is 12.3. The Morgan fingerprint density at radius 1 is 1.08 bits per heavy atom. The summed E-state index contributed by atoms with van der Waals surface area (Å²) < 4.78 is 10.3. The fourth-order valence-corrected chi connectivity index (χ4v) is 2.65. The van der Waals surface area contributed by atoms with Gasteiger partial charge in [0.25, 0.3) is 0 Å². The van der Waals surface area contributed by atoms with E-state index in [1.165, 1.54) is 0 Å². The summed E-state index contributed by atoms with van der Waals surface area (Å²) in [6.45, 7) is 2.56. The van der Waals surface area contributed by atoms with Gasteiger partial charge >= 0.3 is 0 Å². The van der Waals surface area contributed by atoms with E-state index in [4.69, 9.17) is 9.47 Å². The minimum absolute atomic E-state index is 0. The highest BCUT2D eigenvalue weighted by molar-refractivity contribution is 5.96. The highest BCUT2D eigenvalue weighted by atomic mass is 35.5. The van der Waals surface area contributed by atoms with Crippen molar-refractivity contribution in [3.05, 3.63) is 59.7 Å². The van der Waals surface area contributed by atoms with Crippen LogP contribution in [0.5, 0.6) is 11.5 Å². The fourth-order valence-electron chi connectivity index (χ4n) is 2.65. The first-order valence-corrected chi connectivity index (χ1v) is 8.37. The van der Waals surface area contributed by atoms with Crippen LogP contribution in [0.2, 0.25) is 0 Å². The minimum Gasteiger partial charge on any atom is -1.00 e. The Morgan fingerprint density at radius 3 is 2.35 bits per heavy atom. The number of rotatable bonds is 9. The quantitative estimate of drug-likeness (QED) is 0.546. The Labute approximate surface area is 160 Å². The van der Waals surface area contributed by atoms with E-state index in [9.17, 15) is 9.90 Å². The summed E-state index contributed by atoms with van der Waals surface area (Å²) in [6, 6.07) is 14.5. The zero-order valence-corrected chi connectivity index (χ0v) is 16.1. The predicted molar refractivity (Wildman–Crippen MR) is 96.1 cm³/mol. The van der Waals surface area contributed by atoms with Gasteiger partial charge in [0, 0.05) is 5.56 Å². The second-order valence-electron chi connectivity index (χ2n) is 6.01. The van der Waals surface area contributed by atoms with Gasteiger partial charge in [-0.1, -0.05) is 24.3 Å². The van der Waals surface area contributed by atoms with Crippen molar-refractivity contribution in [3.63, 3.8) is 0 Å². The number of carbonyl (C=O) groups is 1. The SMILES string of the molecule is COc1ccc(C(O)C(C)[NH2+]CCC(=O)c2cccc(OC)c2)cc1.[Cl-]. The lowest BCUT2D eigenvalue weighted by molar-refractivity contribution is -0.693. The highest BCUT2D eigenvalue weighted by Gasteiger charge is 2.19. The van der Waals surface area contributed by atoms with Gasteiger partial charge in [0.15, 0.2) is 5.78 Å². The number of nitrogens with two attached hydrogens (primary N) is 1. The lowest BCUT2D eigenvalue weighted by atomic mass is 10.0. The van der Waals surface area contributed by atoms with Gasteiger partial charge in [-0.15, -0.1) is 0 Å². The molecule has 0 amide bonds. The van der Waals surface area contributed by atoms with Crippen LogP contribution in [0.4, 0.5) is 0 Å². The first-order chi connectivity index (χ1) is 12.0. The van der Waals surface area contributed by atoms with E-state index in [0.717, 1.165) is 11.3 Å². The van der Waals surface area contributed by atoms with E-state index in [0.29, 0.717) is 24.3 Å². The number of ketones is 1. The molecule has 0 aliphatic heterocycles. The molecule has 5 nitrogen and oxygen atoms in total. The number of methoxy groups -OCH3 is 2. The molecule has 0 aromatic heterocycles.